The highest BCUT2D eigenvalue weighted by molar-refractivity contribution is 5.89. The van der Waals surface area contributed by atoms with Crippen LogP contribution in [0.15, 0.2) is 0 Å². The minimum atomic E-state index is -5.24. The van der Waals surface area contributed by atoms with Gasteiger partial charge in [0, 0.05) is 12.5 Å². The SMILES string of the molecule is Cc1c(NCC2CC2)nc(C2CC2)nc1OCC(=O)OC(=O)C(F)(F)F. The molecule has 0 aromatic carbocycles. The second kappa shape index (κ2) is 7.08. The molecule has 0 amide bonds. The Morgan fingerprint density at radius 1 is 1.19 bits per heavy atom. The number of nitrogens with zero attached hydrogens (tertiary/aromatic N) is 2. The normalized spacial score (nSPS) is 16.9. The zero-order chi connectivity index (χ0) is 18.9. The Morgan fingerprint density at radius 2 is 1.88 bits per heavy atom. The molecule has 3 rings (SSSR count). The van der Waals surface area contributed by atoms with Crippen LogP contribution in [0.4, 0.5) is 19.0 Å². The number of carbonyl (C=O) groups excluding carboxylic acids is 2. The molecule has 2 aliphatic carbocycles. The van der Waals surface area contributed by atoms with E-state index >= 15 is 0 Å². The number of rotatable bonds is 7. The first-order chi connectivity index (χ1) is 12.2. The third kappa shape index (κ3) is 4.83. The molecule has 2 saturated carbocycles. The smallest absolute Gasteiger partial charge is 0.465 e. The van der Waals surface area contributed by atoms with Gasteiger partial charge >= 0.3 is 18.1 Å². The molecule has 10 heteroatoms. The minimum Gasteiger partial charge on any atom is -0.465 e. The molecule has 0 atom stereocenters. The van der Waals surface area contributed by atoms with E-state index in [1.807, 2.05) is 0 Å². The van der Waals surface area contributed by atoms with Gasteiger partial charge in [0.25, 0.3) is 0 Å². The predicted octanol–water partition coefficient (Wildman–Crippen LogP) is 2.50. The van der Waals surface area contributed by atoms with Crippen LogP contribution in [0.25, 0.3) is 0 Å². The highest BCUT2D eigenvalue weighted by Crippen LogP contribution is 2.40. The summed E-state index contributed by atoms with van der Waals surface area (Å²) in [7, 11) is 0. The van der Waals surface area contributed by atoms with Gasteiger partial charge in [-0.05, 0) is 38.5 Å². The molecule has 0 saturated heterocycles. The number of carbonyl (C=O) groups is 2. The Hall–Kier alpha value is -2.39. The summed E-state index contributed by atoms with van der Waals surface area (Å²) in [5.74, 6) is -1.93. The van der Waals surface area contributed by atoms with Crippen LogP contribution >= 0.6 is 0 Å². The van der Waals surface area contributed by atoms with Crippen LogP contribution in [-0.4, -0.2) is 41.2 Å². The Labute approximate surface area is 147 Å². The van der Waals surface area contributed by atoms with E-state index < -0.39 is 24.7 Å². The third-order valence-electron chi connectivity index (χ3n) is 4.08. The van der Waals surface area contributed by atoms with E-state index in [1.165, 1.54) is 0 Å². The maximum atomic E-state index is 12.1. The van der Waals surface area contributed by atoms with E-state index in [2.05, 4.69) is 20.0 Å². The molecule has 26 heavy (non-hydrogen) atoms. The van der Waals surface area contributed by atoms with Gasteiger partial charge in [-0.1, -0.05) is 0 Å². The Morgan fingerprint density at radius 3 is 2.46 bits per heavy atom. The number of hydrogen-bond acceptors (Lipinski definition) is 7. The second-order valence-corrected chi connectivity index (χ2v) is 6.51. The number of aromatic nitrogens is 2. The molecular formula is C16H18F3N3O4. The van der Waals surface area contributed by atoms with E-state index in [0.29, 0.717) is 23.1 Å². The molecule has 1 heterocycles. The van der Waals surface area contributed by atoms with Gasteiger partial charge in [-0.3, -0.25) is 0 Å². The van der Waals surface area contributed by atoms with Gasteiger partial charge in [0.05, 0.1) is 5.56 Å². The molecule has 0 spiro atoms. The van der Waals surface area contributed by atoms with Gasteiger partial charge in [-0.15, -0.1) is 0 Å². The van der Waals surface area contributed by atoms with Crippen LogP contribution < -0.4 is 10.1 Å². The average Bonchev–Trinajstić information content (AvgIpc) is 3.45. The van der Waals surface area contributed by atoms with Crippen molar-refractivity contribution in [1.82, 2.24) is 9.97 Å². The largest absolute Gasteiger partial charge is 0.491 e. The van der Waals surface area contributed by atoms with Crippen LogP contribution in [-0.2, 0) is 14.3 Å². The summed E-state index contributed by atoms with van der Waals surface area (Å²) in [4.78, 5) is 30.8. The third-order valence-corrected chi connectivity index (χ3v) is 4.08. The number of nitrogens with one attached hydrogen (secondary N) is 1. The van der Waals surface area contributed by atoms with Crippen LogP contribution in [0.2, 0.25) is 0 Å². The van der Waals surface area contributed by atoms with Crippen LogP contribution in [0.1, 0.15) is 43.0 Å². The maximum absolute atomic E-state index is 12.1. The zero-order valence-electron chi connectivity index (χ0n) is 14.1. The van der Waals surface area contributed by atoms with Gasteiger partial charge in [-0.2, -0.15) is 18.2 Å². The molecule has 0 bridgehead atoms. The molecule has 142 valence electrons. The lowest BCUT2D eigenvalue weighted by molar-refractivity contribution is -0.202. The van der Waals surface area contributed by atoms with Crippen molar-refractivity contribution in [3.8, 4) is 5.88 Å². The maximum Gasteiger partial charge on any atom is 0.491 e. The van der Waals surface area contributed by atoms with Gasteiger partial charge in [0.15, 0.2) is 6.61 Å². The number of anilines is 1. The number of hydrogen-bond donors (Lipinski definition) is 1. The lowest BCUT2D eigenvalue weighted by Crippen LogP contribution is -2.30. The molecule has 0 unspecified atom stereocenters. The van der Waals surface area contributed by atoms with E-state index in [1.54, 1.807) is 6.92 Å². The lowest BCUT2D eigenvalue weighted by atomic mass is 10.3. The van der Waals surface area contributed by atoms with Gasteiger partial charge in [0.1, 0.15) is 11.6 Å². The van der Waals surface area contributed by atoms with E-state index in [4.69, 9.17) is 4.74 Å². The number of esters is 2. The van der Waals surface area contributed by atoms with E-state index in [-0.39, 0.29) is 11.8 Å². The number of ether oxygens (including phenoxy) is 2. The van der Waals surface area contributed by atoms with Gasteiger partial charge < -0.3 is 14.8 Å². The fraction of sp³-hybridized carbons (Fsp3) is 0.625. The van der Waals surface area contributed by atoms with Crippen molar-refractivity contribution in [2.75, 3.05) is 18.5 Å². The minimum absolute atomic E-state index is 0.0941. The molecule has 1 aromatic rings. The van der Waals surface area contributed by atoms with Gasteiger partial charge in [-0.25, -0.2) is 14.6 Å². The number of alkyl halides is 3. The molecule has 1 aromatic heterocycles. The Kier molecular flexibility index (Phi) is 5.01. The fourth-order valence-corrected chi connectivity index (χ4v) is 2.23. The average molecular weight is 373 g/mol. The van der Waals surface area contributed by atoms with Crippen molar-refractivity contribution in [1.29, 1.82) is 0 Å². The summed E-state index contributed by atoms with van der Waals surface area (Å²) in [6.07, 6.45) is -1.01. The van der Waals surface area contributed by atoms with E-state index in [9.17, 15) is 22.8 Å². The molecule has 2 fully saturated rings. The van der Waals surface area contributed by atoms with Crippen LogP contribution in [0, 0.1) is 12.8 Å². The summed E-state index contributed by atoms with van der Waals surface area (Å²) < 4.78 is 45.2. The van der Waals surface area contributed by atoms with Crippen molar-refractivity contribution < 1.29 is 32.2 Å². The highest BCUT2D eigenvalue weighted by atomic mass is 19.4. The summed E-state index contributed by atoms with van der Waals surface area (Å²) >= 11 is 0. The molecule has 7 nitrogen and oxygen atoms in total. The van der Waals surface area contributed by atoms with Crippen molar-refractivity contribution in [2.24, 2.45) is 5.92 Å². The fourth-order valence-electron chi connectivity index (χ4n) is 2.23. The summed E-state index contributed by atoms with van der Waals surface area (Å²) in [5, 5.41) is 3.23. The first-order valence-electron chi connectivity index (χ1n) is 8.31. The topological polar surface area (TPSA) is 90.4 Å². The first kappa shape index (κ1) is 18.4. The Bertz CT molecular complexity index is 715. The lowest BCUT2D eigenvalue weighted by Gasteiger charge is -2.14. The van der Waals surface area contributed by atoms with Crippen molar-refractivity contribution in [3.05, 3.63) is 11.4 Å². The van der Waals surface area contributed by atoms with Crippen molar-refractivity contribution in [2.45, 2.75) is 44.7 Å². The number of halogens is 3. The summed E-state index contributed by atoms with van der Waals surface area (Å²) in [6, 6.07) is 0. The first-order valence-corrected chi connectivity index (χ1v) is 8.31. The molecule has 0 radical (unpaired) electrons. The molecule has 2 aliphatic rings. The zero-order valence-corrected chi connectivity index (χ0v) is 14.1. The quantitative estimate of drug-likeness (QED) is 0.580. The summed E-state index contributed by atoms with van der Waals surface area (Å²) in [5.41, 5.74) is 0.546. The molecule has 0 aliphatic heterocycles. The standard InChI is InChI=1S/C16H18F3N3O4/c1-8-12(20-6-9-2-3-9)21-13(10-4-5-10)22-14(8)25-7-11(23)26-15(24)16(17,18)19/h9-10H,2-7H2,1H3,(H,20,21,22). The van der Waals surface area contributed by atoms with Gasteiger partial charge in [0.2, 0.25) is 5.88 Å². The summed E-state index contributed by atoms with van der Waals surface area (Å²) in [6.45, 7) is 1.60. The van der Waals surface area contributed by atoms with E-state index in [0.717, 1.165) is 32.2 Å². The van der Waals surface area contributed by atoms with Crippen molar-refractivity contribution >= 4 is 17.8 Å². The molecule has 1 N–H and O–H groups in total. The predicted molar refractivity (Wildman–Crippen MR) is 82.6 cm³/mol. The van der Waals surface area contributed by atoms with Crippen LogP contribution in [0.5, 0.6) is 5.88 Å². The Balaban J connectivity index is 1.65. The second-order valence-electron chi connectivity index (χ2n) is 6.51. The van der Waals surface area contributed by atoms with Crippen LogP contribution in [0.3, 0.4) is 0 Å². The molecular weight excluding hydrogens is 355 g/mol. The monoisotopic (exact) mass is 373 g/mol. The van der Waals surface area contributed by atoms with Crippen molar-refractivity contribution in [3.63, 3.8) is 0 Å². The highest BCUT2D eigenvalue weighted by Gasteiger charge is 2.42.